The van der Waals surface area contributed by atoms with Gasteiger partial charge in [-0.15, -0.1) is 0 Å². The van der Waals surface area contributed by atoms with Gasteiger partial charge in [-0.25, -0.2) is 0 Å². The molecule has 1 saturated heterocycles. The number of para-hydroxylation sites is 1. The molecule has 0 radical (unpaired) electrons. The Labute approximate surface area is 171 Å². The van der Waals surface area contributed by atoms with Gasteiger partial charge in [0.05, 0.1) is 0 Å². The lowest BCUT2D eigenvalue weighted by Gasteiger charge is -2.35. The third-order valence-corrected chi connectivity index (χ3v) is 6.02. The molecule has 0 spiro atoms. The molecule has 0 bridgehead atoms. The summed E-state index contributed by atoms with van der Waals surface area (Å²) in [6.45, 7) is 2.27. The molecule has 1 fully saturated rings. The van der Waals surface area contributed by atoms with Crippen molar-refractivity contribution >= 4 is 28.4 Å². The molecule has 0 saturated carbocycles. The van der Waals surface area contributed by atoms with E-state index in [0.717, 1.165) is 53.1 Å². The van der Waals surface area contributed by atoms with Crippen LogP contribution in [0.3, 0.4) is 0 Å². The SMILES string of the molecule is CN(C)C1CCN(C(=O)c2cc3ccccc3n2Cc2ccc(Cl)cc2)CC1. The number of hydrogen-bond acceptors (Lipinski definition) is 2. The lowest BCUT2D eigenvalue weighted by molar-refractivity contribution is 0.0653. The van der Waals surface area contributed by atoms with Crippen molar-refractivity contribution in [2.45, 2.75) is 25.4 Å². The van der Waals surface area contributed by atoms with E-state index in [2.05, 4.69) is 35.7 Å². The number of carbonyl (C=O) groups is 1. The van der Waals surface area contributed by atoms with Gasteiger partial charge in [0.2, 0.25) is 0 Å². The fourth-order valence-electron chi connectivity index (χ4n) is 4.08. The maximum atomic E-state index is 13.4. The van der Waals surface area contributed by atoms with E-state index >= 15 is 0 Å². The first-order chi connectivity index (χ1) is 13.5. The summed E-state index contributed by atoms with van der Waals surface area (Å²) in [4.78, 5) is 17.7. The molecule has 2 aromatic carbocycles. The van der Waals surface area contributed by atoms with Crippen LogP contribution in [0.2, 0.25) is 5.02 Å². The van der Waals surface area contributed by atoms with Crippen LogP contribution in [0, 0.1) is 0 Å². The number of benzene rings is 2. The summed E-state index contributed by atoms with van der Waals surface area (Å²) in [5.41, 5.74) is 2.98. The molecule has 1 aromatic heterocycles. The van der Waals surface area contributed by atoms with Crippen molar-refractivity contribution in [2.24, 2.45) is 0 Å². The van der Waals surface area contributed by atoms with E-state index < -0.39 is 0 Å². The lowest BCUT2D eigenvalue weighted by Crippen LogP contribution is -2.44. The van der Waals surface area contributed by atoms with Gasteiger partial charge in [0.1, 0.15) is 5.69 Å². The summed E-state index contributed by atoms with van der Waals surface area (Å²) in [7, 11) is 4.23. The average molecular weight is 396 g/mol. The van der Waals surface area contributed by atoms with E-state index in [0.29, 0.717) is 12.6 Å². The van der Waals surface area contributed by atoms with Crippen molar-refractivity contribution < 1.29 is 4.79 Å². The van der Waals surface area contributed by atoms with E-state index in [1.54, 1.807) is 0 Å². The smallest absolute Gasteiger partial charge is 0.270 e. The fourth-order valence-corrected chi connectivity index (χ4v) is 4.20. The zero-order chi connectivity index (χ0) is 19.7. The number of aromatic nitrogens is 1. The van der Waals surface area contributed by atoms with Crippen molar-refractivity contribution in [3.05, 3.63) is 70.9 Å². The first-order valence-corrected chi connectivity index (χ1v) is 10.2. The maximum absolute atomic E-state index is 13.4. The third-order valence-electron chi connectivity index (χ3n) is 5.77. The van der Waals surface area contributed by atoms with Crippen LogP contribution in [0.5, 0.6) is 0 Å². The zero-order valence-corrected chi connectivity index (χ0v) is 17.2. The van der Waals surface area contributed by atoms with Gasteiger partial charge in [-0.1, -0.05) is 41.9 Å². The van der Waals surface area contributed by atoms with Crippen LogP contribution < -0.4 is 0 Å². The van der Waals surface area contributed by atoms with Gasteiger partial charge in [-0.2, -0.15) is 0 Å². The molecule has 5 heteroatoms. The van der Waals surface area contributed by atoms with Crippen LogP contribution in [0.15, 0.2) is 54.6 Å². The highest BCUT2D eigenvalue weighted by Gasteiger charge is 2.27. The standard InChI is InChI=1S/C23H26ClN3O/c1-25(2)20-11-13-26(14-12-20)23(28)22-15-18-5-3-4-6-21(18)27(22)16-17-7-9-19(24)10-8-17/h3-10,15,20H,11-14,16H2,1-2H3. The van der Waals surface area contributed by atoms with E-state index in [1.165, 1.54) is 0 Å². The summed E-state index contributed by atoms with van der Waals surface area (Å²) in [5, 5.41) is 1.82. The van der Waals surface area contributed by atoms with E-state index in [1.807, 2.05) is 47.4 Å². The van der Waals surface area contributed by atoms with Crippen LogP contribution >= 0.6 is 11.6 Å². The highest BCUT2D eigenvalue weighted by atomic mass is 35.5. The van der Waals surface area contributed by atoms with Crippen LogP contribution in [-0.4, -0.2) is 53.5 Å². The first-order valence-electron chi connectivity index (χ1n) is 9.81. The number of nitrogens with zero attached hydrogens (tertiary/aromatic N) is 3. The molecule has 1 aliphatic heterocycles. The number of piperidine rings is 1. The first kappa shape index (κ1) is 19.0. The van der Waals surface area contributed by atoms with Crippen LogP contribution in [0.4, 0.5) is 0 Å². The predicted octanol–water partition coefficient (Wildman–Crippen LogP) is 4.51. The van der Waals surface area contributed by atoms with Gasteiger partial charge in [0, 0.05) is 41.6 Å². The molecule has 1 amide bonds. The summed E-state index contributed by atoms with van der Waals surface area (Å²) in [5.74, 6) is 0.127. The number of carbonyl (C=O) groups excluding carboxylic acids is 1. The van der Waals surface area contributed by atoms with Crippen LogP contribution in [0.1, 0.15) is 28.9 Å². The minimum absolute atomic E-state index is 0.127. The fraction of sp³-hybridized carbons (Fsp3) is 0.348. The quantitative estimate of drug-likeness (QED) is 0.650. The Bertz CT molecular complexity index is 969. The molecular weight excluding hydrogens is 370 g/mol. The maximum Gasteiger partial charge on any atom is 0.270 e. The minimum Gasteiger partial charge on any atom is -0.337 e. The second-order valence-electron chi connectivity index (χ2n) is 7.79. The van der Waals surface area contributed by atoms with Gasteiger partial charge < -0.3 is 14.4 Å². The van der Waals surface area contributed by atoms with E-state index in [-0.39, 0.29) is 5.91 Å². The molecule has 0 aliphatic carbocycles. The van der Waals surface area contributed by atoms with Crippen LogP contribution in [0.25, 0.3) is 10.9 Å². The highest BCUT2D eigenvalue weighted by molar-refractivity contribution is 6.30. The van der Waals surface area contributed by atoms with Gasteiger partial charge >= 0.3 is 0 Å². The number of amides is 1. The van der Waals surface area contributed by atoms with E-state index in [4.69, 9.17) is 11.6 Å². The van der Waals surface area contributed by atoms with E-state index in [9.17, 15) is 4.79 Å². The molecule has 0 atom stereocenters. The van der Waals surface area contributed by atoms with Crippen molar-refractivity contribution in [1.29, 1.82) is 0 Å². The van der Waals surface area contributed by atoms with Gasteiger partial charge in [-0.3, -0.25) is 4.79 Å². The molecular formula is C23H26ClN3O. The predicted molar refractivity (Wildman–Crippen MR) is 115 cm³/mol. The Morgan fingerprint density at radius 2 is 1.75 bits per heavy atom. The Hall–Kier alpha value is -2.30. The Morgan fingerprint density at radius 1 is 1.07 bits per heavy atom. The molecule has 28 heavy (non-hydrogen) atoms. The average Bonchev–Trinajstić information content (AvgIpc) is 3.07. The highest BCUT2D eigenvalue weighted by Crippen LogP contribution is 2.24. The Morgan fingerprint density at radius 3 is 2.43 bits per heavy atom. The van der Waals surface area contributed by atoms with Crippen molar-refractivity contribution in [3.63, 3.8) is 0 Å². The molecule has 0 unspecified atom stereocenters. The second kappa shape index (κ2) is 7.98. The summed E-state index contributed by atoms with van der Waals surface area (Å²) < 4.78 is 2.14. The third kappa shape index (κ3) is 3.80. The van der Waals surface area contributed by atoms with Crippen molar-refractivity contribution in [2.75, 3.05) is 27.2 Å². The van der Waals surface area contributed by atoms with Crippen LogP contribution in [-0.2, 0) is 6.54 Å². The summed E-state index contributed by atoms with van der Waals surface area (Å²) >= 11 is 6.03. The second-order valence-corrected chi connectivity index (χ2v) is 8.22. The van der Waals surface area contributed by atoms with Gasteiger partial charge in [0.25, 0.3) is 5.91 Å². The molecule has 4 rings (SSSR count). The number of fused-ring (bicyclic) bond motifs is 1. The monoisotopic (exact) mass is 395 g/mol. The molecule has 2 heterocycles. The number of rotatable bonds is 4. The number of likely N-dealkylation sites (tertiary alicyclic amines) is 1. The van der Waals surface area contributed by atoms with Gasteiger partial charge in [0.15, 0.2) is 0 Å². The van der Waals surface area contributed by atoms with Crippen molar-refractivity contribution in [1.82, 2.24) is 14.4 Å². The number of hydrogen-bond donors (Lipinski definition) is 0. The molecule has 3 aromatic rings. The Balaban J connectivity index is 1.64. The topological polar surface area (TPSA) is 28.5 Å². The molecule has 146 valence electrons. The normalized spacial score (nSPS) is 15.5. The van der Waals surface area contributed by atoms with Crippen molar-refractivity contribution in [3.8, 4) is 0 Å². The zero-order valence-electron chi connectivity index (χ0n) is 16.4. The molecule has 0 N–H and O–H groups in total. The largest absolute Gasteiger partial charge is 0.337 e. The summed E-state index contributed by atoms with van der Waals surface area (Å²) in [6, 6.07) is 18.6. The number of halogens is 1. The Kier molecular flexibility index (Phi) is 5.42. The summed E-state index contributed by atoms with van der Waals surface area (Å²) in [6.07, 6.45) is 2.05. The molecule has 4 nitrogen and oxygen atoms in total. The lowest BCUT2D eigenvalue weighted by atomic mass is 10.0. The minimum atomic E-state index is 0.127. The molecule has 1 aliphatic rings. The van der Waals surface area contributed by atoms with Gasteiger partial charge in [-0.05, 0) is 56.8 Å².